The summed E-state index contributed by atoms with van der Waals surface area (Å²) in [5.41, 5.74) is 4.23. The molecule has 1 rings (SSSR count). The molecule has 0 radical (unpaired) electrons. The Bertz CT molecular complexity index is 238. The van der Waals surface area contributed by atoms with Gasteiger partial charge in [-0.05, 0) is 51.0 Å². The summed E-state index contributed by atoms with van der Waals surface area (Å²) in [5, 5.41) is 0. The molecule has 13 heavy (non-hydrogen) atoms. The third kappa shape index (κ3) is 2.57. The molecule has 0 aromatic heterocycles. The molecule has 1 aliphatic carbocycles. The number of carbonyl (C=O) groups is 1. The van der Waals surface area contributed by atoms with E-state index in [1.807, 2.05) is 0 Å². The van der Waals surface area contributed by atoms with Crippen LogP contribution in [-0.2, 0) is 4.79 Å². The van der Waals surface area contributed by atoms with Crippen LogP contribution in [0.15, 0.2) is 17.9 Å². The van der Waals surface area contributed by atoms with Gasteiger partial charge in [0.15, 0.2) is 0 Å². The number of rotatable bonds is 2. The standard InChI is InChI=1S/C12H18O/c1-4-9(2)11-5-7-12(8-6-11)10(3)13/h11-12H,1,5-8H2,2-3H3. The van der Waals surface area contributed by atoms with E-state index in [0.717, 1.165) is 25.7 Å². The van der Waals surface area contributed by atoms with E-state index >= 15 is 0 Å². The first kappa shape index (κ1) is 10.3. The number of ketones is 1. The molecular formula is C12H18O. The second-order valence-electron chi connectivity index (χ2n) is 4.02. The molecule has 1 fully saturated rings. The fraction of sp³-hybridized carbons (Fsp3) is 0.667. The highest BCUT2D eigenvalue weighted by Gasteiger charge is 2.24. The van der Waals surface area contributed by atoms with Gasteiger partial charge >= 0.3 is 0 Å². The first-order chi connectivity index (χ1) is 6.15. The molecule has 0 saturated heterocycles. The van der Waals surface area contributed by atoms with Gasteiger partial charge in [0.25, 0.3) is 0 Å². The topological polar surface area (TPSA) is 17.1 Å². The highest BCUT2D eigenvalue weighted by Crippen LogP contribution is 2.32. The van der Waals surface area contributed by atoms with Crippen LogP contribution in [-0.4, -0.2) is 5.78 Å². The first-order valence-electron chi connectivity index (χ1n) is 5.02. The molecule has 0 heterocycles. The van der Waals surface area contributed by atoms with Crippen molar-refractivity contribution in [3.05, 3.63) is 17.9 Å². The minimum Gasteiger partial charge on any atom is -0.300 e. The van der Waals surface area contributed by atoms with Crippen LogP contribution in [0.1, 0.15) is 39.5 Å². The van der Waals surface area contributed by atoms with E-state index in [4.69, 9.17) is 0 Å². The van der Waals surface area contributed by atoms with E-state index in [1.165, 1.54) is 5.57 Å². The Hall–Kier alpha value is -0.810. The third-order valence-electron chi connectivity index (χ3n) is 3.19. The minimum absolute atomic E-state index is 0.328. The van der Waals surface area contributed by atoms with Crippen molar-refractivity contribution < 1.29 is 4.79 Å². The SMILES string of the molecule is C=C=C(C)C1CCC(C(C)=O)CC1. The molecule has 0 aliphatic heterocycles. The van der Waals surface area contributed by atoms with Gasteiger partial charge in [0.2, 0.25) is 0 Å². The molecule has 0 bridgehead atoms. The van der Waals surface area contributed by atoms with E-state index in [9.17, 15) is 4.79 Å². The van der Waals surface area contributed by atoms with E-state index in [-0.39, 0.29) is 0 Å². The van der Waals surface area contributed by atoms with E-state index in [0.29, 0.717) is 17.6 Å². The van der Waals surface area contributed by atoms with Crippen molar-refractivity contribution in [1.29, 1.82) is 0 Å². The Kier molecular flexibility index (Phi) is 3.50. The van der Waals surface area contributed by atoms with Crippen molar-refractivity contribution in [1.82, 2.24) is 0 Å². The summed E-state index contributed by atoms with van der Waals surface area (Å²) in [6, 6.07) is 0. The predicted octanol–water partition coefficient (Wildman–Crippen LogP) is 3.11. The Morgan fingerprint density at radius 3 is 2.00 bits per heavy atom. The predicted molar refractivity (Wildman–Crippen MR) is 54.5 cm³/mol. The van der Waals surface area contributed by atoms with Crippen LogP contribution in [0.3, 0.4) is 0 Å². The summed E-state index contributed by atoms with van der Waals surface area (Å²) < 4.78 is 0. The lowest BCUT2D eigenvalue weighted by Gasteiger charge is -2.26. The van der Waals surface area contributed by atoms with Crippen molar-refractivity contribution >= 4 is 5.78 Å². The molecule has 0 unspecified atom stereocenters. The van der Waals surface area contributed by atoms with Gasteiger partial charge in [0.05, 0.1) is 0 Å². The maximum absolute atomic E-state index is 11.1. The van der Waals surface area contributed by atoms with Gasteiger partial charge in [-0.2, -0.15) is 0 Å². The average Bonchev–Trinajstić information content (AvgIpc) is 2.17. The normalized spacial score (nSPS) is 27.8. The molecule has 0 atom stereocenters. The number of hydrogen-bond acceptors (Lipinski definition) is 1. The zero-order valence-corrected chi connectivity index (χ0v) is 8.60. The van der Waals surface area contributed by atoms with Gasteiger partial charge in [0, 0.05) is 5.92 Å². The van der Waals surface area contributed by atoms with Crippen LogP contribution in [0, 0.1) is 11.8 Å². The summed E-state index contributed by atoms with van der Waals surface area (Å²) in [5.74, 6) is 1.32. The Labute approximate surface area is 80.5 Å². The molecular weight excluding hydrogens is 160 g/mol. The number of allylic oxidation sites excluding steroid dienone is 1. The zero-order chi connectivity index (χ0) is 9.84. The monoisotopic (exact) mass is 178 g/mol. The highest BCUT2D eigenvalue weighted by molar-refractivity contribution is 5.78. The van der Waals surface area contributed by atoms with Crippen molar-refractivity contribution in [3.63, 3.8) is 0 Å². The average molecular weight is 178 g/mol. The van der Waals surface area contributed by atoms with Gasteiger partial charge < -0.3 is 0 Å². The summed E-state index contributed by atoms with van der Waals surface area (Å²) in [6.07, 6.45) is 4.38. The fourth-order valence-electron chi connectivity index (χ4n) is 2.08. The number of hydrogen-bond donors (Lipinski definition) is 0. The van der Waals surface area contributed by atoms with Crippen LogP contribution in [0.5, 0.6) is 0 Å². The second-order valence-corrected chi connectivity index (χ2v) is 4.02. The van der Waals surface area contributed by atoms with Crippen molar-refractivity contribution in [3.8, 4) is 0 Å². The lowest BCUT2D eigenvalue weighted by Crippen LogP contribution is -2.20. The van der Waals surface area contributed by atoms with Gasteiger partial charge in [-0.3, -0.25) is 4.79 Å². The van der Waals surface area contributed by atoms with E-state index in [2.05, 4.69) is 19.2 Å². The van der Waals surface area contributed by atoms with Crippen molar-refractivity contribution in [2.24, 2.45) is 11.8 Å². The summed E-state index contributed by atoms with van der Waals surface area (Å²) in [7, 11) is 0. The third-order valence-corrected chi connectivity index (χ3v) is 3.19. The van der Waals surface area contributed by atoms with Gasteiger partial charge in [0.1, 0.15) is 5.78 Å². The maximum atomic E-state index is 11.1. The smallest absolute Gasteiger partial charge is 0.132 e. The summed E-state index contributed by atoms with van der Waals surface area (Å²) in [4.78, 5) is 11.1. The molecule has 1 saturated carbocycles. The van der Waals surface area contributed by atoms with Gasteiger partial charge in [-0.1, -0.05) is 6.58 Å². The molecule has 1 nitrogen and oxygen atoms in total. The Morgan fingerprint density at radius 1 is 1.15 bits per heavy atom. The molecule has 1 heteroatoms. The molecule has 0 amide bonds. The summed E-state index contributed by atoms with van der Waals surface area (Å²) in [6.45, 7) is 7.46. The highest BCUT2D eigenvalue weighted by atomic mass is 16.1. The molecule has 0 spiro atoms. The first-order valence-corrected chi connectivity index (χ1v) is 5.02. The lowest BCUT2D eigenvalue weighted by atomic mass is 9.78. The van der Waals surface area contributed by atoms with Gasteiger partial charge in [-0.25, -0.2) is 0 Å². The van der Waals surface area contributed by atoms with Crippen molar-refractivity contribution in [2.45, 2.75) is 39.5 Å². The molecule has 72 valence electrons. The minimum atomic E-state index is 0.328. The van der Waals surface area contributed by atoms with Crippen LogP contribution in [0.2, 0.25) is 0 Å². The van der Waals surface area contributed by atoms with Crippen LogP contribution in [0.4, 0.5) is 0 Å². The number of carbonyl (C=O) groups excluding carboxylic acids is 1. The molecule has 0 N–H and O–H groups in total. The van der Waals surface area contributed by atoms with Crippen LogP contribution < -0.4 is 0 Å². The largest absolute Gasteiger partial charge is 0.300 e. The molecule has 0 aromatic rings. The van der Waals surface area contributed by atoms with E-state index < -0.39 is 0 Å². The fourth-order valence-corrected chi connectivity index (χ4v) is 2.08. The zero-order valence-electron chi connectivity index (χ0n) is 8.60. The summed E-state index contributed by atoms with van der Waals surface area (Å²) >= 11 is 0. The van der Waals surface area contributed by atoms with E-state index in [1.54, 1.807) is 6.92 Å². The molecule has 0 aromatic carbocycles. The Balaban J connectivity index is 2.48. The van der Waals surface area contributed by atoms with Crippen molar-refractivity contribution in [2.75, 3.05) is 0 Å². The maximum Gasteiger partial charge on any atom is 0.132 e. The van der Waals surface area contributed by atoms with Crippen LogP contribution >= 0.6 is 0 Å². The Morgan fingerprint density at radius 2 is 1.62 bits per heavy atom. The van der Waals surface area contributed by atoms with Gasteiger partial charge in [-0.15, -0.1) is 5.73 Å². The quantitative estimate of drug-likeness (QED) is 0.594. The lowest BCUT2D eigenvalue weighted by molar-refractivity contribution is -0.121. The second kappa shape index (κ2) is 4.43. The number of Topliss-reactive ketones (excluding diaryl/α,β-unsaturated/α-hetero) is 1. The van der Waals surface area contributed by atoms with Crippen LogP contribution in [0.25, 0.3) is 0 Å². The molecule has 1 aliphatic rings.